The SMILES string of the molecule is COC(=O)c1cccn1CC(C)CN. The van der Waals surface area contributed by atoms with Gasteiger partial charge in [-0.3, -0.25) is 0 Å². The Bertz CT molecular complexity index is 307. The van der Waals surface area contributed by atoms with Gasteiger partial charge in [0.25, 0.3) is 0 Å². The number of rotatable bonds is 4. The quantitative estimate of drug-likeness (QED) is 0.727. The Morgan fingerprint density at radius 3 is 3.00 bits per heavy atom. The minimum Gasteiger partial charge on any atom is -0.464 e. The fourth-order valence-electron chi connectivity index (χ4n) is 1.27. The molecule has 0 spiro atoms. The van der Waals surface area contributed by atoms with E-state index in [0.29, 0.717) is 18.2 Å². The van der Waals surface area contributed by atoms with Crippen molar-refractivity contribution in [1.29, 1.82) is 0 Å². The molecule has 0 bridgehead atoms. The van der Waals surface area contributed by atoms with Gasteiger partial charge < -0.3 is 15.0 Å². The van der Waals surface area contributed by atoms with E-state index in [2.05, 4.69) is 4.74 Å². The monoisotopic (exact) mass is 196 g/mol. The van der Waals surface area contributed by atoms with Gasteiger partial charge in [-0.2, -0.15) is 0 Å². The van der Waals surface area contributed by atoms with Crippen molar-refractivity contribution in [2.75, 3.05) is 13.7 Å². The maximum Gasteiger partial charge on any atom is 0.354 e. The molecule has 0 amide bonds. The van der Waals surface area contributed by atoms with Crippen molar-refractivity contribution < 1.29 is 9.53 Å². The predicted octanol–water partition coefficient (Wildman–Crippen LogP) is 0.869. The fourth-order valence-corrected chi connectivity index (χ4v) is 1.27. The van der Waals surface area contributed by atoms with Crippen molar-refractivity contribution in [1.82, 2.24) is 4.57 Å². The van der Waals surface area contributed by atoms with Gasteiger partial charge in [-0.25, -0.2) is 4.79 Å². The topological polar surface area (TPSA) is 57.2 Å². The molecule has 1 aromatic rings. The summed E-state index contributed by atoms with van der Waals surface area (Å²) in [4.78, 5) is 11.3. The van der Waals surface area contributed by atoms with Crippen LogP contribution < -0.4 is 5.73 Å². The summed E-state index contributed by atoms with van der Waals surface area (Å²) in [5.41, 5.74) is 6.09. The molecule has 0 saturated carbocycles. The molecule has 1 rings (SSSR count). The Kier molecular flexibility index (Phi) is 3.71. The van der Waals surface area contributed by atoms with Crippen molar-refractivity contribution in [3.63, 3.8) is 0 Å². The van der Waals surface area contributed by atoms with Gasteiger partial charge in [0.15, 0.2) is 0 Å². The van der Waals surface area contributed by atoms with Crippen LogP contribution in [-0.2, 0) is 11.3 Å². The molecule has 2 N–H and O–H groups in total. The Labute approximate surface area is 83.7 Å². The number of esters is 1. The van der Waals surface area contributed by atoms with E-state index in [9.17, 15) is 4.79 Å². The van der Waals surface area contributed by atoms with Crippen LogP contribution in [0.3, 0.4) is 0 Å². The minimum atomic E-state index is -0.306. The summed E-state index contributed by atoms with van der Waals surface area (Å²) in [7, 11) is 1.38. The van der Waals surface area contributed by atoms with E-state index < -0.39 is 0 Å². The minimum absolute atomic E-state index is 0.306. The van der Waals surface area contributed by atoms with Crippen molar-refractivity contribution in [3.8, 4) is 0 Å². The first kappa shape index (κ1) is 10.8. The Morgan fingerprint density at radius 1 is 1.71 bits per heavy atom. The largest absolute Gasteiger partial charge is 0.464 e. The summed E-state index contributed by atoms with van der Waals surface area (Å²) >= 11 is 0. The van der Waals surface area contributed by atoms with Gasteiger partial charge in [0, 0.05) is 12.7 Å². The molecule has 0 radical (unpaired) electrons. The van der Waals surface area contributed by atoms with E-state index in [0.717, 1.165) is 6.54 Å². The molecular weight excluding hydrogens is 180 g/mol. The molecule has 78 valence electrons. The molecule has 1 unspecified atom stereocenters. The predicted molar refractivity (Wildman–Crippen MR) is 54.0 cm³/mol. The van der Waals surface area contributed by atoms with Gasteiger partial charge in [-0.05, 0) is 24.6 Å². The second-order valence-electron chi connectivity index (χ2n) is 3.38. The lowest BCUT2D eigenvalue weighted by atomic mass is 10.2. The summed E-state index contributed by atoms with van der Waals surface area (Å²) in [5, 5.41) is 0. The van der Waals surface area contributed by atoms with Gasteiger partial charge in [0.2, 0.25) is 0 Å². The number of carbonyl (C=O) groups excluding carboxylic acids is 1. The summed E-state index contributed by atoms with van der Waals surface area (Å²) in [6.07, 6.45) is 1.86. The lowest BCUT2D eigenvalue weighted by Gasteiger charge is -2.12. The molecule has 0 aromatic carbocycles. The molecule has 0 fully saturated rings. The zero-order valence-electron chi connectivity index (χ0n) is 8.56. The highest BCUT2D eigenvalue weighted by atomic mass is 16.5. The number of nitrogens with zero attached hydrogens (tertiary/aromatic N) is 1. The Hall–Kier alpha value is -1.29. The third kappa shape index (κ3) is 2.35. The van der Waals surface area contributed by atoms with Crippen LogP contribution in [0.25, 0.3) is 0 Å². The van der Waals surface area contributed by atoms with Crippen molar-refractivity contribution >= 4 is 5.97 Å². The van der Waals surface area contributed by atoms with E-state index in [1.54, 1.807) is 6.07 Å². The fraction of sp³-hybridized carbons (Fsp3) is 0.500. The lowest BCUT2D eigenvalue weighted by molar-refractivity contribution is 0.0587. The molecular formula is C10H16N2O2. The third-order valence-corrected chi connectivity index (χ3v) is 2.13. The standard InChI is InChI=1S/C10H16N2O2/c1-8(6-11)7-12-5-3-4-9(12)10(13)14-2/h3-5,8H,6-7,11H2,1-2H3. The van der Waals surface area contributed by atoms with Gasteiger partial charge in [0.05, 0.1) is 7.11 Å². The second kappa shape index (κ2) is 4.81. The Balaban J connectivity index is 2.77. The molecule has 1 atom stereocenters. The molecule has 0 aliphatic carbocycles. The van der Waals surface area contributed by atoms with Crippen LogP contribution in [0.4, 0.5) is 0 Å². The van der Waals surface area contributed by atoms with Crippen molar-refractivity contribution in [3.05, 3.63) is 24.0 Å². The number of hydrogen-bond acceptors (Lipinski definition) is 3. The van der Waals surface area contributed by atoms with Crippen LogP contribution in [0.1, 0.15) is 17.4 Å². The zero-order valence-corrected chi connectivity index (χ0v) is 8.56. The van der Waals surface area contributed by atoms with Crippen LogP contribution in [-0.4, -0.2) is 24.2 Å². The first-order valence-electron chi connectivity index (χ1n) is 4.62. The van der Waals surface area contributed by atoms with E-state index in [4.69, 9.17) is 5.73 Å². The first-order chi connectivity index (χ1) is 6.69. The summed E-state index contributed by atoms with van der Waals surface area (Å²) in [6, 6.07) is 3.57. The van der Waals surface area contributed by atoms with Crippen LogP contribution in [0.2, 0.25) is 0 Å². The van der Waals surface area contributed by atoms with E-state index in [1.807, 2.05) is 23.8 Å². The highest BCUT2D eigenvalue weighted by Crippen LogP contribution is 2.07. The van der Waals surface area contributed by atoms with Crippen LogP contribution in [0, 0.1) is 5.92 Å². The second-order valence-corrected chi connectivity index (χ2v) is 3.38. The van der Waals surface area contributed by atoms with Crippen molar-refractivity contribution in [2.45, 2.75) is 13.5 Å². The third-order valence-electron chi connectivity index (χ3n) is 2.13. The highest BCUT2D eigenvalue weighted by Gasteiger charge is 2.11. The number of aromatic nitrogens is 1. The molecule has 0 saturated heterocycles. The van der Waals surface area contributed by atoms with Gasteiger partial charge in [-0.15, -0.1) is 0 Å². The maximum atomic E-state index is 11.3. The molecule has 0 aliphatic heterocycles. The number of methoxy groups -OCH3 is 1. The lowest BCUT2D eigenvalue weighted by Crippen LogP contribution is -2.19. The molecule has 14 heavy (non-hydrogen) atoms. The zero-order chi connectivity index (χ0) is 10.6. The molecule has 1 aromatic heterocycles. The smallest absolute Gasteiger partial charge is 0.354 e. The average Bonchev–Trinajstić information content (AvgIpc) is 2.64. The van der Waals surface area contributed by atoms with Crippen LogP contribution in [0.15, 0.2) is 18.3 Å². The van der Waals surface area contributed by atoms with Crippen molar-refractivity contribution in [2.24, 2.45) is 11.7 Å². The Morgan fingerprint density at radius 2 is 2.43 bits per heavy atom. The summed E-state index contributed by atoms with van der Waals surface area (Å²) < 4.78 is 6.52. The molecule has 4 nitrogen and oxygen atoms in total. The van der Waals surface area contributed by atoms with Crippen LogP contribution in [0.5, 0.6) is 0 Å². The normalized spacial score (nSPS) is 12.5. The average molecular weight is 196 g/mol. The summed E-state index contributed by atoms with van der Waals surface area (Å²) in [6.45, 7) is 3.40. The van der Waals surface area contributed by atoms with Gasteiger partial charge >= 0.3 is 5.97 Å². The van der Waals surface area contributed by atoms with E-state index in [-0.39, 0.29) is 5.97 Å². The van der Waals surface area contributed by atoms with Crippen LogP contribution >= 0.6 is 0 Å². The number of carbonyl (C=O) groups is 1. The number of nitrogens with two attached hydrogens (primary N) is 1. The highest BCUT2D eigenvalue weighted by molar-refractivity contribution is 5.87. The summed E-state index contributed by atoms with van der Waals surface area (Å²) in [5.74, 6) is 0.0463. The maximum absolute atomic E-state index is 11.3. The number of hydrogen-bond donors (Lipinski definition) is 1. The van der Waals surface area contributed by atoms with E-state index in [1.165, 1.54) is 7.11 Å². The molecule has 4 heteroatoms. The number of ether oxygens (including phenoxy) is 1. The first-order valence-corrected chi connectivity index (χ1v) is 4.62. The van der Waals surface area contributed by atoms with E-state index >= 15 is 0 Å². The molecule has 0 aliphatic rings. The molecule has 1 heterocycles. The van der Waals surface area contributed by atoms with Gasteiger partial charge in [-0.1, -0.05) is 6.92 Å². The van der Waals surface area contributed by atoms with Gasteiger partial charge in [0.1, 0.15) is 5.69 Å².